The Hall–Kier alpha value is -0.990. The number of rotatable bonds is 3. The van der Waals surface area contributed by atoms with E-state index >= 15 is 0 Å². The third kappa shape index (κ3) is 1.85. The Labute approximate surface area is 103 Å². The molecule has 0 saturated carbocycles. The lowest BCUT2D eigenvalue weighted by atomic mass is 10.1. The summed E-state index contributed by atoms with van der Waals surface area (Å²) < 4.78 is 44.7. The quantitative estimate of drug-likeness (QED) is 0.866. The first-order chi connectivity index (χ1) is 8.02. The van der Waals surface area contributed by atoms with Gasteiger partial charge in [-0.1, -0.05) is 0 Å². The van der Waals surface area contributed by atoms with Crippen molar-refractivity contribution in [3.63, 3.8) is 0 Å². The first-order valence-electron chi connectivity index (χ1n) is 4.44. The summed E-state index contributed by atoms with van der Waals surface area (Å²) in [6.45, 7) is 0. The number of hydrogen-bond acceptors (Lipinski definition) is 5. The molecule has 2 rings (SSSR count). The first-order valence-corrected chi connectivity index (χ1v) is 6.20. The highest BCUT2D eigenvalue weighted by Gasteiger charge is 2.62. The highest BCUT2D eigenvalue weighted by Crippen LogP contribution is 2.48. The Kier molecular flexibility index (Phi) is 3.19. The zero-order chi connectivity index (χ0) is 12.5. The molecule has 0 saturated heterocycles. The van der Waals surface area contributed by atoms with Gasteiger partial charge >= 0.3 is 6.18 Å². The first kappa shape index (κ1) is 12.5. The van der Waals surface area contributed by atoms with Crippen LogP contribution in [0.1, 0.15) is 10.0 Å². The smallest absolute Gasteiger partial charge is 0.356 e. The van der Waals surface area contributed by atoms with Gasteiger partial charge in [-0.15, -0.1) is 22.7 Å². The molecule has 0 amide bonds. The molecule has 2 heterocycles. The van der Waals surface area contributed by atoms with E-state index in [0.29, 0.717) is 0 Å². The highest BCUT2D eigenvalue weighted by atomic mass is 32.1. The van der Waals surface area contributed by atoms with Crippen LogP contribution in [-0.2, 0) is 10.3 Å². The number of thiazole rings is 2. The van der Waals surface area contributed by atoms with Crippen molar-refractivity contribution in [1.29, 1.82) is 0 Å². The van der Waals surface area contributed by atoms with Gasteiger partial charge in [-0.25, -0.2) is 9.97 Å². The predicted molar refractivity (Wildman–Crippen MR) is 58.1 cm³/mol. The molecule has 0 unspecified atom stereocenters. The van der Waals surface area contributed by atoms with Gasteiger partial charge in [0.05, 0.1) is 0 Å². The number of ether oxygens (including phenoxy) is 1. The maximum atomic E-state index is 13.3. The van der Waals surface area contributed by atoms with Crippen LogP contribution in [0.4, 0.5) is 13.2 Å². The van der Waals surface area contributed by atoms with E-state index in [1.807, 2.05) is 0 Å². The second-order valence-corrected chi connectivity index (χ2v) is 4.85. The molecular formula is C9H7F3N2OS2. The Morgan fingerprint density at radius 3 is 1.76 bits per heavy atom. The zero-order valence-electron chi connectivity index (χ0n) is 8.56. The molecule has 0 radical (unpaired) electrons. The lowest BCUT2D eigenvalue weighted by Gasteiger charge is -2.30. The number of halogens is 3. The molecule has 0 aliphatic carbocycles. The second-order valence-electron chi connectivity index (χ2n) is 3.06. The van der Waals surface area contributed by atoms with Crippen LogP contribution in [0.2, 0.25) is 0 Å². The molecule has 2 aromatic heterocycles. The van der Waals surface area contributed by atoms with E-state index in [4.69, 9.17) is 4.74 Å². The number of methoxy groups -OCH3 is 1. The highest BCUT2D eigenvalue weighted by molar-refractivity contribution is 7.11. The summed E-state index contributed by atoms with van der Waals surface area (Å²) in [5.74, 6) is 0. The molecule has 2 aromatic rings. The zero-order valence-corrected chi connectivity index (χ0v) is 10.2. The van der Waals surface area contributed by atoms with Gasteiger partial charge < -0.3 is 4.74 Å². The average molecular weight is 280 g/mol. The molecule has 0 aliphatic heterocycles. The van der Waals surface area contributed by atoms with Crippen LogP contribution in [-0.4, -0.2) is 23.3 Å². The summed E-state index contributed by atoms with van der Waals surface area (Å²) in [5.41, 5.74) is -2.56. The summed E-state index contributed by atoms with van der Waals surface area (Å²) in [6.07, 6.45) is -1.99. The van der Waals surface area contributed by atoms with Crippen LogP contribution < -0.4 is 0 Å². The van der Waals surface area contributed by atoms with Gasteiger partial charge in [0.1, 0.15) is 10.0 Å². The molecule has 0 aromatic carbocycles. The van der Waals surface area contributed by atoms with Crippen LogP contribution in [0, 0.1) is 0 Å². The molecule has 3 nitrogen and oxygen atoms in total. The van der Waals surface area contributed by atoms with E-state index in [-0.39, 0.29) is 10.0 Å². The number of nitrogens with zero attached hydrogens (tertiary/aromatic N) is 2. The van der Waals surface area contributed by atoms with Crippen molar-refractivity contribution in [3.05, 3.63) is 33.2 Å². The molecule has 92 valence electrons. The van der Waals surface area contributed by atoms with Crippen molar-refractivity contribution in [2.45, 2.75) is 11.8 Å². The van der Waals surface area contributed by atoms with Crippen molar-refractivity contribution < 1.29 is 17.9 Å². The Morgan fingerprint density at radius 2 is 1.53 bits per heavy atom. The Morgan fingerprint density at radius 1 is 1.06 bits per heavy atom. The number of aromatic nitrogens is 2. The summed E-state index contributed by atoms with van der Waals surface area (Å²) >= 11 is 1.78. The molecule has 0 spiro atoms. The lowest BCUT2D eigenvalue weighted by Crippen LogP contribution is -2.45. The SMILES string of the molecule is COC(c1nccs1)(c1nccs1)C(F)(F)F. The van der Waals surface area contributed by atoms with Crippen molar-refractivity contribution in [3.8, 4) is 0 Å². The molecule has 0 N–H and O–H groups in total. The fourth-order valence-electron chi connectivity index (χ4n) is 1.42. The third-order valence-electron chi connectivity index (χ3n) is 2.17. The number of hydrogen-bond donors (Lipinski definition) is 0. The molecule has 8 heteroatoms. The van der Waals surface area contributed by atoms with Gasteiger partial charge in [0.25, 0.3) is 5.60 Å². The van der Waals surface area contributed by atoms with Crippen LogP contribution in [0.5, 0.6) is 0 Å². The second kappa shape index (κ2) is 4.35. The minimum absolute atomic E-state index is 0.164. The summed E-state index contributed by atoms with van der Waals surface area (Å²) in [5, 5.41) is 2.62. The van der Waals surface area contributed by atoms with Crippen molar-refractivity contribution in [2.24, 2.45) is 0 Å². The van der Waals surface area contributed by atoms with Gasteiger partial charge in [-0.3, -0.25) is 0 Å². The molecule has 0 bridgehead atoms. The van der Waals surface area contributed by atoms with Crippen molar-refractivity contribution in [2.75, 3.05) is 7.11 Å². The van der Waals surface area contributed by atoms with Crippen molar-refractivity contribution >= 4 is 22.7 Å². The topological polar surface area (TPSA) is 35.0 Å². The maximum absolute atomic E-state index is 13.3. The third-order valence-corrected chi connectivity index (χ3v) is 3.92. The predicted octanol–water partition coefficient (Wildman–Crippen LogP) is 3.05. The van der Waals surface area contributed by atoms with Crippen LogP contribution in [0.15, 0.2) is 23.2 Å². The normalized spacial score (nSPS) is 12.9. The minimum Gasteiger partial charge on any atom is -0.356 e. The van der Waals surface area contributed by atoms with Crippen LogP contribution in [0.25, 0.3) is 0 Å². The van der Waals surface area contributed by atoms with E-state index < -0.39 is 11.8 Å². The molecular weight excluding hydrogens is 273 g/mol. The maximum Gasteiger partial charge on any atom is 0.430 e. The fraction of sp³-hybridized carbons (Fsp3) is 0.333. The Bertz CT molecular complexity index is 433. The van der Waals surface area contributed by atoms with E-state index in [2.05, 4.69) is 9.97 Å². The largest absolute Gasteiger partial charge is 0.430 e. The van der Waals surface area contributed by atoms with E-state index in [9.17, 15) is 13.2 Å². The van der Waals surface area contributed by atoms with Gasteiger partial charge in [0.15, 0.2) is 0 Å². The lowest BCUT2D eigenvalue weighted by molar-refractivity contribution is -0.258. The monoisotopic (exact) mass is 280 g/mol. The van der Waals surface area contributed by atoms with Gasteiger partial charge in [-0.2, -0.15) is 13.2 Å². The van der Waals surface area contributed by atoms with Crippen molar-refractivity contribution in [1.82, 2.24) is 9.97 Å². The van der Waals surface area contributed by atoms with Crippen LogP contribution >= 0.6 is 22.7 Å². The standard InChI is InChI=1S/C9H7F3N2OS2/c1-15-8(9(10,11)12,6-13-2-4-16-6)7-14-3-5-17-7/h2-5H,1H3. The van der Waals surface area contributed by atoms with Gasteiger partial charge in [0.2, 0.25) is 0 Å². The molecule has 0 fully saturated rings. The van der Waals surface area contributed by atoms with E-state index in [1.54, 1.807) is 0 Å². The summed E-state index contributed by atoms with van der Waals surface area (Å²) in [7, 11) is 1.01. The van der Waals surface area contributed by atoms with E-state index in [0.717, 1.165) is 29.8 Å². The molecule has 0 atom stereocenters. The fourth-order valence-corrected chi connectivity index (χ4v) is 3.15. The van der Waals surface area contributed by atoms with Crippen LogP contribution in [0.3, 0.4) is 0 Å². The average Bonchev–Trinajstić information content (AvgIpc) is 2.88. The van der Waals surface area contributed by atoms with Gasteiger partial charge in [0, 0.05) is 30.3 Å². The summed E-state index contributed by atoms with van der Waals surface area (Å²) in [6, 6.07) is 0. The Balaban J connectivity index is 2.65. The molecule has 0 aliphatic rings. The minimum atomic E-state index is -4.61. The summed E-state index contributed by atoms with van der Waals surface area (Å²) in [4.78, 5) is 7.44. The van der Waals surface area contributed by atoms with E-state index in [1.165, 1.54) is 23.2 Å². The van der Waals surface area contributed by atoms with Gasteiger partial charge in [-0.05, 0) is 0 Å². The molecule has 17 heavy (non-hydrogen) atoms. The number of alkyl halides is 3.